The lowest BCUT2D eigenvalue weighted by molar-refractivity contribution is 0.864. The maximum absolute atomic E-state index is 2.24. The summed E-state index contributed by atoms with van der Waals surface area (Å²) in [5, 5.41) is 0. The zero-order chi connectivity index (χ0) is 13.7. The quantitative estimate of drug-likeness (QED) is 0.625. The van der Waals surface area contributed by atoms with Crippen molar-refractivity contribution in [3.63, 3.8) is 0 Å². The molecule has 0 radical (unpaired) electrons. The van der Waals surface area contributed by atoms with E-state index in [9.17, 15) is 0 Å². The summed E-state index contributed by atoms with van der Waals surface area (Å²) in [6.07, 6.45) is 5.55. The zero-order valence-electron chi connectivity index (χ0n) is 12.1. The molecule has 0 amide bonds. The van der Waals surface area contributed by atoms with Gasteiger partial charge < -0.3 is 0 Å². The third-order valence-electron chi connectivity index (χ3n) is 3.50. The summed E-state index contributed by atoms with van der Waals surface area (Å²) in [6.45, 7) is 6.69. The van der Waals surface area contributed by atoms with E-state index in [1.807, 2.05) is 0 Å². The van der Waals surface area contributed by atoms with Crippen LogP contribution < -0.4 is 0 Å². The first-order chi connectivity index (χ1) is 9.22. The number of hydrogen-bond acceptors (Lipinski definition) is 0. The van der Waals surface area contributed by atoms with E-state index in [2.05, 4.69) is 81.5 Å². The summed E-state index contributed by atoms with van der Waals surface area (Å²) in [6, 6.07) is 17.2. The van der Waals surface area contributed by atoms with Gasteiger partial charge in [-0.2, -0.15) is 0 Å². The van der Waals surface area contributed by atoms with E-state index in [0.29, 0.717) is 5.92 Å². The minimum absolute atomic E-state index is 0.558. The Morgan fingerprint density at radius 1 is 0.842 bits per heavy atom. The molecule has 0 aliphatic heterocycles. The normalized spacial score (nSPS) is 11.4. The lowest BCUT2D eigenvalue weighted by Crippen LogP contribution is -1.91. The van der Waals surface area contributed by atoms with Crippen LogP contribution in [0.1, 0.15) is 48.9 Å². The summed E-state index contributed by atoms with van der Waals surface area (Å²) in [4.78, 5) is 0. The maximum atomic E-state index is 2.24. The molecule has 2 aromatic rings. The Morgan fingerprint density at radius 2 is 1.42 bits per heavy atom. The van der Waals surface area contributed by atoms with Gasteiger partial charge in [0.2, 0.25) is 0 Å². The second kappa shape index (κ2) is 6.38. The Balaban J connectivity index is 2.33. The number of benzene rings is 2. The van der Waals surface area contributed by atoms with Gasteiger partial charge in [0, 0.05) is 0 Å². The number of aryl methyl sites for hydroxylation is 1. The molecule has 0 unspecified atom stereocenters. The van der Waals surface area contributed by atoms with Crippen LogP contribution in [0, 0.1) is 0 Å². The lowest BCUT2D eigenvalue weighted by atomic mass is 9.96. The second-order valence-electron chi connectivity index (χ2n) is 5.17. The molecule has 0 aliphatic carbocycles. The van der Waals surface area contributed by atoms with Gasteiger partial charge in [0.15, 0.2) is 0 Å². The van der Waals surface area contributed by atoms with Crippen molar-refractivity contribution >= 4 is 12.2 Å². The van der Waals surface area contributed by atoms with Crippen LogP contribution in [-0.2, 0) is 6.42 Å². The van der Waals surface area contributed by atoms with Gasteiger partial charge in [0.1, 0.15) is 0 Å². The first kappa shape index (κ1) is 13.6. The van der Waals surface area contributed by atoms with Crippen molar-refractivity contribution in [1.29, 1.82) is 0 Å². The first-order valence-corrected chi connectivity index (χ1v) is 7.07. The van der Waals surface area contributed by atoms with Gasteiger partial charge in [-0.15, -0.1) is 0 Å². The van der Waals surface area contributed by atoms with E-state index < -0.39 is 0 Å². The Labute approximate surface area is 116 Å². The molecule has 0 saturated heterocycles. The van der Waals surface area contributed by atoms with Gasteiger partial charge in [-0.1, -0.05) is 81.5 Å². The predicted molar refractivity (Wildman–Crippen MR) is 85.3 cm³/mol. The van der Waals surface area contributed by atoms with Crippen LogP contribution in [0.25, 0.3) is 12.2 Å². The monoisotopic (exact) mass is 250 g/mol. The van der Waals surface area contributed by atoms with Crippen LogP contribution in [0.5, 0.6) is 0 Å². The summed E-state index contributed by atoms with van der Waals surface area (Å²) in [7, 11) is 0. The van der Waals surface area contributed by atoms with E-state index in [-0.39, 0.29) is 0 Å². The highest BCUT2D eigenvalue weighted by atomic mass is 14.1. The maximum Gasteiger partial charge on any atom is -0.0213 e. The number of hydrogen-bond donors (Lipinski definition) is 0. The minimum atomic E-state index is 0.558. The van der Waals surface area contributed by atoms with Crippen molar-refractivity contribution in [1.82, 2.24) is 0 Å². The van der Waals surface area contributed by atoms with E-state index in [1.54, 1.807) is 0 Å². The van der Waals surface area contributed by atoms with Crippen LogP contribution in [0.15, 0.2) is 48.5 Å². The molecule has 98 valence electrons. The van der Waals surface area contributed by atoms with Crippen LogP contribution in [0.4, 0.5) is 0 Å². The fourth-order valence-corrected chi connectivity index (χ4v) is 2.39. The smallest absolute Gasteiger partial charge is 0.0213 e. The summed E-state index contributed by atoms with van der Waals surface area (Å²) in [5.74, 6) is 0.558. The fraction of sp³-hybridized carbons (Fsp3) is 0.263. The van der Waals surface area contributed by atoms with E-state index in [1.165, 1.54) is 22.3 Å². The van der Waals surface area contributed by atoms with E-state index in [0.717, 1.165) is 6.42 Å². The Bertz CT molecular complexity index is 562. The van der Waals surface area contributed by atoms with Gasteiger partial charge in [0.05, 0.1) is 0 Å². The molecule has 19 heavy (non-hydrogen) atoms. The molecule has 0 nitrogen and oxygen atoms in total. The van der Waals surface area contributed by atoms with Gasteiger partial charge >= 0.3 is 0 Å². The molecular formula is C19H22. The van der Waals surface area contributed by atoms with Gasteiger partial charge in [-0.25, -0.2) is 0 Å². The average molecular weight is 250 g/mol. The Kier molecular flexibility index (Phi) is 4.57. The molecule has 2 rings (SSSR count). The van der Waals surface area contributed by atoms with Crippen molar-refractivity contribution < 1.29 is 0 Å². The van der Waals surface area contributed by atoms with E-state index in [4.69, 9.17) is 0 Å². The lowest BCUT2D eigenvalue weighted by Gasteiger charge is -2.09. The first-order valence-electron chi connectivity index (χ1n) is 7.07. The standard InChI is InChI=1S/C19H22/c1-4-16-9-5-6-10-17(16)13-14-18-11-7-8-12-19(18)15(2)3/h5-15H,4H2,1-3H3/b14-13-. The molecule has 0 bridgehead atoms. The highest BCUT2D eigenvalue weighted by Crippen LogP contribution is 2.22. The molecule has 0 atom stereocenters. The SMILES string of the molecule is CCc1ccccc1/C=C\c1ccccc1C(C)C. The number of rotatable bonds is 4. The average Bonchev–Trinajstić information content (AvgIpc) is 2.45. The van der Waals surface area contributed by atoms with Crippen LogP contribution in [-0.4, -0.2) is 0 Å². The molecule has 0 heterocycles. The third kappa shape index (κ3) is 3.35. The van der Waals surface area contributed by atoms with Crippen LogP contribution in [0.3, 0.4) is 0 Å². The topological polar surface area (TPSA) is 0 Å². The molecule has 0 aliphatic rings. The Morgan fingerprint density at radius 3 is 2.11 bits per heavy atom. The zero-order valence-corrected chi connectivity index (χ0v) is 12.1. The molecule has 0 N–H and O–H groups in total. The van der Waals surface area contributed by atoms with Crippen molar-refractivity contribution in [2.24, 2.45) is 0 Å². The third-order valence-corrected chi connectivity index (χ3v) is 3.50. The molecule has 0 spiro atoms. The Hall–Kier alpha value is -1.82. The summed E-state index contributed by atoms with van der Waals surface area (Å²) >= 11 is 0. The molecular weight excluding hydrogens is 228 g/mol. The fourth-order valence-electron chi connectivity index (χ4n) is 2.39. The van der Waals surface area contributed by atoms with Gasteiger partial charge in [0.25, 0.3) is 0 Å². The predicted octanol–water partition coefficient (Wildman–Crippen LogP) is 5.54. The van der Waals surface area contributed by atoms with Crippen molar-refractivity contribution in [2.75, 3.05) is 0 Å². The molecule has 2 aromatic carbocycles. The van der Waals surface area contributed by atoms with Crippen LogP contribution >= 0.6 is 0 Å². The van der Waals surface area contributed by atoms with Crippen molar-refractivity contribution in [3.05, 3.63) is 70.8 Å². The van der Waals surface area contributed by atoms with Crippen molar-refractivity contribution in [2.45, 2.75) is 33.1 Å². The minimum Gasteiger partial charge on any atom is -0.0620 e. The van der Waals surface area contributed by atoms with Crippen molar-refractivity contribution in [3.8, 4) is 0 Å². The van der Waals surface area contributed by atoms with E-state index >= 15 is 0 Å². The molecule has 0 heteroatoms. The molecule has 0 saturated carbocycles. The second-order valence-corrected chi connectivity index (χ2v) is 5.17. The van der Waals surface area contributed by atoms with Gasteiger partial charge in [-0.3, -0.25) is 0 Å². The summed E-state index contributed by atoms with van der Waals surface area (Å²) in [5.41, 5.74) is 5.46. The highest BCUT2D eigenvalue weighted by molar-refractivity contribution is 5.72. The van der Waals surface area contributed by atoms with Crippen LogP contribution in [0.2, 0.25) is 0 Å². The highest BCUT2D eigenvalue weighted by Gasteiger charge is 2.03. The largest absolute Gasteiger partial charge is 0.0620 e. The molecule has 0 fully saturated rings. The molecule has 0 aromatic heterocycles. The van der Waals surface area contributed by atoms with Gasteiger partial charge in [-0.05, 0) is 34.6 Å². The summed E-state index contributed by atoms with van der Waals surface area (Å²) < 4.78 is 0.